The van der Waals surface area contributed by atoms with Gasteiger partial charge in [0.2, 0.25) is 0 Å². The second-order valence-corrected chi connectivity index (χ2v) is 8.16. The van der Waals surface area contributed by atoms with Crippen molar-refractivity contribution in [2.24, 2.45) is 0 Å². The molecule has 1 aliphatic rings. The lowest BCUT2D eigenvalue weighted by Crippen LogP contribution is -2.48. The Bertz CT molecular complexity index is 1030. The Morgan fingerprint density at radius 1 is 1.13 bits per heavy atom. The van der Waals surface area contributed by atoms with Gasteiger partial charge in [-0.25, -0.2) is 0 Å². The molecule has 1 saturated heterocycles. The first-order chi connectivity index (χ1) is 15.1. The Balaban J connectivity index is 1.27. The van der Waals surface area contributed by atoms with Gasteiger partial charge in [0.25, 0.3) is 11.6 Å². The number of nitro groups is 1. The zero-order valence-corrected chi connectivity index (χ0v) is 17.7. The van der Waals surface area contributed by atoms with Gasteiger partial charge in [-0.3, -0.25) is 24.8 Å². The quantitative estimate of drug-likeness (QED) is 0.414. The molecule has 160 valence electrons. The van der Waals surface area contributed by atoms with E-state index in [1.807, 2.05) is 34.5 Å². The highest BCUT2D eigenvalue weighted by molar-refractivity contribution is 7.12. The van der Waals surface area contributed by atoms with Crippen LogP contribution in [0.2, 0.25) is 0 Å². The van der Waals surface area contributed by atoms with Gasteiger partial charge in [0.1, 0.15) is 12.4 Å². The molecule has 0 atom stereocenters. The van der Waals surface area contributed by atoms with Gasteiger partial charge in [0.05, 0.1) is 15.5 Å². The van der Waals surface area contributed by atoms with Crippen molar-refractivity contribution in [1.82, 2.24) is 14.8 Å². The van der Waals surface area contributed by atoms with Crippen LogP contribution in [0.4, 0.5) is 5.69 Å². The fourth-order valence-corrected chi connectivity index (χ4v) is 4.24. The van der Waals surface area contributed by atoms with E-state index < -0.39 is 4.92 Å². The molecule has 31 heavy (non-hydrogen) atoms. The van der Waals surface area contributed by atoms with E-state index in [9.17, 15) is 14.9 Å². The number of pyridine rings is 1. The standard InChI is InChI=1S/C22H22N4O4S/c27-22(25-11-9-24(10-12-25)14-18-3-1-2-8-23-18)21-13-17(16-31-21)15-30-20-6-4-19(5-7-20)26(28)29/h1-8,13,16H,9-12,14-15H2. The minimum atomic E-state index is -0.446. The van der Waals surface area contributed by atoms with Gasteiger partial charge >= 0.3 is 0 Å². The highest BCUT2D eigenvalue weighted by Crippen LogP contribution is 2.22. The van der Waals surface area contributed by atoms with Gasteiger partial charge in [-0.2, -0.15) is 0 Å². The highest BCUT2D eigenvalue weighted by Gasteiger charge is 2.23. The molecule has 1 aliphatic heterocycles. The molecule has 1 fully saturated rings. The number of carbonyl (C=O) groups is 1. The molecule has 0 spiro atoms. The molecule has 0 radical (unpaired) electrons. The Morgan fingerprint density at radius 2 is 1.90 bits per heavy atom. The monoisotopic (exact) mass is 438 g/mol. The maximum atomic E-state index is 12.9. The molecule has 4 rings (SSSR count). The van der Waals surface area contributed by atoms with Crippen molar-refractivity contribution < 1.29 is 14.5 Å². The number of carbonyl (C=O) groups excluding carboxylic acids is 1. The van der Waals surface area contributed by atoms with Gasteiger partial charge in [0.15, 0.2) is 0 Å². The minimum absolute atomic E-state index is 0.0240. The van der Waals surface area contributed by atoms with E-state index in [1.54, 1.807) is 18.3 Å². The zero-order chi connectivity index (χ0) is 21.6. The Hall–Kier alpha value is -3.30. The van der Waals surface area contributed by atoms with Crippen LogP contribution in [-0.2, 0) is 13.2 Å². The van der Waals surface area contributed by atoms with Gasteiger partial charge in [-0.05, 0) is 35.7 Å². The number of hydrogen-bond acceptors (Lipinski definition) is 7. The molecule has 1 amide bonds. The zero-order valence-electron chi connectivity index (χ0n) is 16.8. The number of benzene rings is 1. The van der Waals surface area contributed by atoms with Crippen LogP contribution in [0.3, 0.4) is 0 Å². The summed E-state index contributed by atoms with van der Waals surface area (Å²) < 4.78 is 5.68. The summed E-state index contributed by atoms with van der Waals surface area (Å²) in [4.78, 5) is 32.4. The second-order valence-electron chi connectivity index (χ2n) is 7.25. The van der Waals surface area contributed by atoms with Gasteiger partial charge in [0, 0.05) is 56.6 Å². The summed E-state index contributed by atoms with van der Waals surface area (Å²) in [5.74, 6) is 0.595. The van der Waals surface area contributed by atoms with Crippen molar-refractivity contribution in [3.05, 3.63) is 86.4 Å². The molecule has 0 unspecified atom stereocenters. The van der Waals surface area contributed by atoms with Crippen molar-refractivity contribution in [2.45, 2.75) is 13.2 Å². The maximum Gasteiger partial charge on any atom is 0.269 e. The number of hydrogen-bond donors (Lipinski definition) is 0. The van der Waals surface area contributed by atoms with Crippen molar-refractivity contribution >= 4 is 22.9 Å². The summed E-state index contributed by atoms with van der Waals surface area (Å²) in [6.07, 6.45) is 1.80. The molecule has 3 heterocycles. The topological polar surface area (TPSA) is 88.8 Å². The number of piperazine rings is 1. The number of amides is 1. The lowest BCUT2D eigenvalue weighted by atomic mass is 10.2. The van der Waals surface area contributed by atoms with E-state index in [1.165, 1.54) is 23.5 Å². The summed E-state index contributed by atoms with van der Waals surface area (Å²) >= 11 is 1.41. The van der Waals surface area contributed by atoms with E-state index in [4.69, 9.17) is 4.74 Å². The molecule has 8 nitrogen and oxygen atoms in total. The summed E-state index contributed by atoms with van der Waals surface area (Å²) in [6.45, 7) is 4.13. The average molecular weight is 439 g/mol. The summed E-state index contributed by atoms with van der Waals surface area (Å²) in [7, 11) is 0. The third-order valence-corrected chi connectivity index (χ3v) is 6.06. The number of ether oxygens (including phenoxy) is 1. The van der Waals surface area contributed by atoms with E-state index in [-0.39, 0.29) is 11.6 Å². The number of nitro benzene ring substituents is 1. The minimum Gasteiger partial charge on any atom is -0.489 e. The Labute approximate surface area is 183 Å². The van der Waals surface area contributed by atoms with Crippen molar-refractivity contribution in [2.75, 3.05) is 26.2 Å². The van der Waals surface area contributed by atoms with Crippen LogP contribution in [-0.4, -0.2) is 51.8 Å². The van der Waals surface area contributed by atoms with Crippen molar-refractivity contribution in [1.29, 1.82) is 0 Å². The first-order valence-electron chi connectivity index (χ1n) is 9.95. The predicted octanol–water partition coefficient (Wildman–Crippen LogP) is 3.59. The van der Waals surface area contributed by atoms with Crippen LogP contribution in [0.1, 0.15) is 20.9 Å². The summed E-state index contributed by atoms with van der Waals surface area (Å²) in [5.41, 5.74) is 1.97. The van der Waals surface area contributed by atoms with E-state index in [0.717, 1.165) is 30.9 Å². The van der Waals surface area contributed by atoms with Crippen molar-refractivity contribution in [3.8, 4) is 5.75 Å². The number of non-ortho nitro benzene ring substituents is 1. The maximum absolute atomic E-state index is 12.9. The Kier molecular flexibility index (Phi) is 6.54. The van der Waals surface area contributed by atoms with Gasteiger partial charge < -0.3 is 9.64 Å². The van der Waals surface area contributed by atoms with E-state index >= 15 is 0 Å². The lowest BCUT2D eigenvalue weighted by molar-refractivity contribution is -0.384. The first kappa shape index (κ1) is 21.0. The van der Waals surface area contributed by atoms with Crippen LogP contribution < -0.4 is 4.74 Å². The van der Waals surface area contributed by atoms with E-state index in [0.29, 0.717) is 30.3 Å². The number of aromatic nitrogens is 1. The Morgan fingerprint density at radius 3 is 2.58 bits per heavy atom. The SMILES string of the molecule is O=C(c1cc(COc2ccc([N+](=O)[O-])cc2)cs1)N1CCN(Cc2ccccn2)CC1. The molecule has 0 bridgehead atoms. The molecule has 0 saturated carbocycles. The number of rotatable bonds is 7. The van der Waals surface area contributed by atoms with Gasteiger partial charge in [-0.1, -0.05) is 6.07 Å². The fraction of sp³-hybridized carbons (Fsp3) is 0.273. The third kappa shape index (κ3) is 5.44. The van der Waals surface area contributed by atoms with Crippen LogP contribution >= 0.6 is 11.3 Å². The average Bonchev–Trinajstić information content (AvgIpc) is 3.28. The largest absolute Gasteiger partial charge is 0.489 e. The number of thiophene rings is 1. The van der Waals surface area contributed by atoms with Gasteiger partial charge in [-0.15, -0.1) is 11.3 Å². The van der Waals surface area contributed by atoms with Crippen LogP contribution in [0.5, 0.6) is 5.75 Å². The van der Waals surface area contributed by atoms with Crippen molar-refractivity contribution in [3.63, 3.8) is 0 Å². The van der Waals surface area contributed by atoms with Crippen LogP contribution in [0.25, 0.3) is 0 Å². The summed E-state index contributed by atoms with van der Waals surface area (Å²) in [6, 6.07) is 13.7. The highest BCUT2D eigenvalue weighted by atomic mass is 32.1. The van der Waals surface area contributed by atoms with E-state index in [2.05, 4.69) is 9.88 Å². The molecular formula is C22H22N4O4S. The lowest BCUT2D eigenvalue weighted by Gasteiger charge is -2.34. The first-order valence-corrected chi connectivity index (χ1v) is 10.8. The normalized spacial score (nSPS) is 14.4. The van der Waals surface area contributed by atoms with Crippen LogP contribution in [0.15, 0.2) is 60.1 Å². The number of nitrogens with zero attached hydrogens (tertiary/aromatic N) is 4. The molecule has 1 aromatic carbocycles. The fourth-order valence-electron chi connectivity index (χ4n) is 3.38. The molecule has 9 heteroatoms. The third-order valence-electron chi connectivity index (χ3n) is 5.09. The second kappa shape index (κ2) is 9.67. The smallest absolute Gasteiger partial charge is 0.269 e. The molecular weight excluding hydrogens is 416 g/mol. The molecule has 0 N–H and O–H groups in total. The summed E-state index contributed by atoms with van der Waals surface area (Å²) in [5, 5.41) is 12.6. The molecule has 2 aromatic heterocycles. The molecule has 3 aromatic rings. The molecule has 0 aliphatic carbocycles. The predicted molar refractivity (Wildman–Crippen MR) is 117 cm³/mol. The van der Waals surface area contributed by atoms with Crippen LogP contribution in [0, 0.1) is 10.1 Å².